The molecule has 1 aliphatic rings. The van der Waals surface area contributed by atoms with Gasteiger partial charge in [-0.15, -0.1) is 5.10 Å². The number of halogens is 1. The molecule has 1 heterocycles. The largest absolute Gasteiger partial charge is 0.481 e. The zero-order valence-electron chi connectivity index (χ0n) is 13.1. The van der Waals surface area contributed by atoms with Crippen molar-refractivity contribution in [3.63, 3.8) is 0 Å². The van der Waals surface area contributed by atoms with Crippen LogP contribution in [0.1, 0.15) is 35.9 Å². The Bertz CT molecular complexity index is 798. The van der Waals surface area contributed by atoms with Crippen LogP contribution < -0.4 is 5.32 Å². The monoisotopic (exact) mass is 348 g/mol. The Labute approximate surface area is 143 Å². The standard InChI is InChI=1S/C16H17ClN4O3/c1-2-12-13(14(22)18-9-16(6-7-16)15(23)24)19-20-21(12)11-5-3-4-10(17)8-11/h3-5,8H,2,6-7,9H2,1H3,(H,18,22)(H,23,24). The van der Waals surface area contributed by atoms with Crippen molar-refractivity contribution in [3.8, 4) is 5.69 Å². The molecule has 1 aromatic carbocycles. The number of aliphatic carboxylic acids is 1. The molecule has 0 bridgehead atoms. The summed E-state index contributed by atoms with van der Waals surface area (Å²) in [5, 5.41) is 20.4. The van der Waals surface area contributed by atoms with Crippen molar-refractivity contribution < 1.29 is 14.7 Å². The van der Waals surface area contributed by atoms with Crippen LogP contribution in [-0.2, 0) is 11.2 Å². The van der Waals surface area contributed by atoms with E-state index in [4.69, 9.17) is 11.6 Å². The molecule has 0 radical (unpaired) electrons. The Balaban J connectivity index is 1.81. The van der Waals surface area contributed by atoms with E-state index in [1.165, 1.54) is 0 Å². The maximum Gasteiger partial charge on any atom is 0.311 e. The summed E-state index contributed by atoms with van der Waals surface area (Å²) in [7, 11) is 0. The molecule has 0 saturated heterocycles. The molecule has 8 heteroatoms. The summed E-state index contributed by atoms with van der Waals surface area (Å²) >= 11 is 6.00. The highest BCUT2D eigenvalue weighted by atomic mass is 35.5. The van der Waals surface area contributed by atoms with E-state index in [9.17, 15) is 14.7 Å². The number of aromatic nitrogens is 3. The highest BCUT2D eigenvalue weighted by Crippen LogP contribution is 2.45. The van der Waals surface area contributed by atoms with Gasteiger partial charge in [0.1, 0.15) is 0 Å². The molecular weight excluding hydrogens is 332 g/mol. The van der Waals surface area contributed by atoms with Crippen molar-refractivity contribution in [2.24, 2.45) is 5.41 Å². The van der Waals surface area contributed by atoms with Crippen LogP contribution in [0.4, 0.5) is 0 Å². The lowest BCUT2D eigenvalue weighted by atomic mass is 10.1. The fourth-order valence-electron chi connectivity index (χ4n) is 2.56. The first kappa shape index (κ1) is 16.4. The van der Waals surface area contributed by atoms with Gasteiger partial charge in [0.05, 0.1) is 16.8 Å². The molecule has 0 aliphatic heterocycles. The predicted octanol–water partition coefficient (Wildman–Crippen LogP) is 2.08. The van der Waals surface area contributed by atoms with Crippen molar-refractivity contribution in [1.82, 2.24) is 20.3 Å². The van der Waals surface area contributed by atoms with E-state index in [1.807, 2.05) is 13.0 Å². The summed E-state index contributed by atoms with van der Waals surface area (Å²) in [5.41, 5.74) is 0.758. The topological polar surface area (TPSA) is 97.1 Å². The van der Waals surface area contributed by atoms with E-state index in [0.717, 1.165) is 5.69 Å². The molecule has 126 valence electrons. The lowest BCUT2D eigenvalue weighted by Gasteiger charge is -2.11. The molecule has 0 unspecified atom stereocenters. The summed E-state index contributed by atoms with van der Waals surface area (Å²) < 4.78 is 1.57. The number of benzene rings is 1. The molecule has 0 spiro atoms. The minimum Gasteiger partial charge on any atom is -0.481 e. The number of amides is 1. The highest BCUT2D eigenvalue weighted by molar-refractivity contribution is 6.30. The minimum absolute atomic E-state index is 0.106. The number of hydrogen-bond donors (Lipinski definition) is 2. The van der Waals surface area contributed by atoms with Gasteiger partial charge >= 0.3 is 5.97 Å². The van der Waals surface area contributed by atoms with Crippen LogP contribution in [-0.4, -0.2) is 38.5 Å². The second kappa shape index (κ2) is 6.24. The Hall–Kier alpha value is -2.41. The van der Waals surface area contributed by atoms with E-state index in [2.05, 4.69) is 15.6 Å². The average Bonchev–Trinajstić information content (AvgIpc) is 3.24. The lowest BCUT2D eigenvalue weighted by molar-refractivity contribution is -0.143. The van der Waals surface area contributed by atoms with Crippen LogP contribution in [0.2, 0.25) is 5.02 Å². The Morgan fingerprint density at radius 3 is 2.75 bits per heavy atom. The van der Waals surface area contributed by atoms with E-state index in [1.54, 1.807) is 22.9 Å². The first-order valence-electron chi connectivity index (χ1n) is 7.69. The van der Waals surface area contributed by atoms with Gasteiger partial charge in [0.15, 0.2) is 5.69 Å². The molecule has 2 aromatic rings. The number of carbonyl (C=O) groups is 2. The third-order valence-electron chi connectivity index (χ3n) is 4.26. The summed E-state index contributed by atoms with van der Waals surface area (Å²) in [4.78, 5) is 23.6. The first-order valence-corrected chi connectivity index (χ1v) is 8.07. The Morgan fingerprint density at radius 1 is 1.42 bits per heavy atom. The highest BCUT2D eigenvalue weighted by Gasteiger charge is 2.50. The molecule has 1 aliphatic carbocycles. The van der Waals surface area contributed by atoms with Gasteiger partial charge in [0, 0.05) is 11.6 Å². The smallest absolute Gasteiger partial charge is 0.311 e. The van der Waals surface area contributed by atoms with E-state index >= 15 is 0 Å². The summed E-state index contributed by atoms with van der Waals surface area (Å²) in [6.45, 7) is 2.00. The molecule has 1 fully saturated rings. The fourth-order valence-corrected chi connectivity index (χ4v) is 2.75. The van der Waals surface area contributed by atoms with Gasteiger partial charge in [-0.3, -0.25) is 9.59 Å². The van der Waals surface area contributed by atoms with Gasteiger partial charge in [-0.25, -0.2) is 4.68 Å². The molecule has 3 rings (SSSR count). The van der Waals surface area contributed by atoms with Crippen molar-refractivity contribution in [2.75, 3.05) is 6.54 Å². The first-order chi connectivity index (χ1) is 11.5. The normalized spacial score (nSPS) is 15.1. The number of nitrogens with one attached hydrogen (secondary N) is 1. The quantitative estimate of drug-likeness (QED) is 0.833. The zero-order valence-corrected chi connectivity index (χ0v) is 13.9. The maximum absolute atomic E-state index is 12.4. The van der Waals surface area contributed by atoms with Crippen LogP contribution >= 0.6 is 11.6 Å². The molecule has 0 atom stereocenters. The summed E-state index contributed by atoms with van der Waals surface area (Å²) in [5.74, 6) is -1.28. The van der Waals surface area contributed by atoms with E-state index < -0.39 is 17.3 Å². The maximum atomic E-state index is 12.4. The predicted molar refractivity (Wildman–Crippen MR) is 87.4 cm³/mol. The van der Waals surface area contributed by atoms with Gasteiger partial charge in [-0.1, -0.05) is 29.8 Å². The molecular formula is C16H17ClN4O3. The Kier molecular flexibility index (Phi) is 4.28. The van der Waals surface area contributed by atoms with Gasteiger partial charge in [-0.05, 0) is 37.5 Å². The molecule has 1 amide bonds. The van der Waals surface area contributed by atoms with Gasteiger partial charge in [-0.2, -0.15) is 0 Å². The van der Waals surface area contributed by atoms with Gasteiger partial charge in [0.2, 0.25) is 0 Å². The summed E-state index contributed by atoms with van der Waals surface area (Å²) in [6, 6.07) is 7.11. The van der Waals surface area contributed by atoms with Crippen LogP contribution in [0.25, 0.3) is 5.69 Å². The zero-order chi connectivity index (χ0) is 17.3. The van der Waals surface area contributed by atoms with E-state index in [-0.39, 0.29) is 12.2 Å². The van der Waals surface area contributed by atoms with Crippen LogP contribution in [0.15, 0.2) is 24.3 Å². The number of carboxylic acids is 1. The number of carboxylic acid groups (broad SMARTS) is 1. The molecule has 7 nitrogen and oxygen atoms in total. The van der Waals surface area contributed by atoms with Crippen LogP contribution in [0.5, 0.6) is 0 Å². The number of rotatable bonds is 6. The second-order valence-electron chi connectivity index (χ2n) is 5.90. The second-order valence-corrected chi connectivity index (χ2v) is 6.33. The molecule has 24 heavy (non-hydrogen) atoms. The van der Waals surface area contributed by atoms with Gasteiger partial charge < -0.3 is 10.4 Å². The number of carbonyl (C=O) groups excluding carboxylic acids is 1. The van der Waals surface area contributed by atoms with Crippen LogP contribution in [0, 0.1) is 5.41 Å². The molecule has 1 aromatic heterocycles. The van der Waals surface area contributed by atoms with Crippen LogP contribution in [0.3, 0.4) is 0 Å². The number of nitrogens with zero attached hydrogens (tertiary/aromatic N) is 3. The summed E-state index contributed by atoms with van der Waals surface area (Å²) in [6.07, 6.45) is 1.71. The van der Waals surface area contributed by atoms with Crippen molar-refractivity contribution in [1.29, 1.82) is 0 Å². The van der Waals surface area contributed by atoms with Crippen molar-refractivity contribution in [2.45, 2.75) is 26.2 Å². The van der Waals surface area contributed by atoms with E-state index in [0.29, 0.717) is 30.0 Å². The third kappa shape index (κ3) is 2.99. The lowest BCUT2D eigenvalue weighted by Crippen LogP contribution is -2.34. The molecule has 2 N–H and O–H groups in total. The average molecular weight is 349 g/mol. The Morgan fingerprint density at radius 2 is 2.17 bits per heavy atom. The van der Waals surface area contributed by atoms with Crippen molar-refractivity contribution >= 4 is 23.5 Å². The number of hydrogen-bond acceptors (Lipinski definition) is 4. The fraction of sp³-hybridized carbons (Fsp3) is 0.375. The molecule has 1 saturated carbocycles. The SMILES string of the molecule is CCc1c(C(=O)NCC2(C(=O)O)CC2)nnn1-c1cccc(Cl)c1. The minimum atomic E-state index is -0.874. The van der Waals surface area contributed by atoms with Crippen molar-refractivity contribution in [3.05, 3.63) is 40.7 Å². The van der Waals surface area contributed by atoms with Gasteiger partial charge in [0.25, 0.3) is 5.91 Å². The third-order valence-corrected chi connectivity index (χ3v) is 4.50.